The molecule has 3 rings (SSSR count). The van der Waals surface area contributed by atoms with Crippen molar-refractivity contribution >= 4 is 12.0 Å². The van der Waals surface area contributed by atoms with Gasteiger partial charge in [0.1, 0.15) is 5.60 Å². The molecule has 0 saturated carbocycles. The van der Waals surface area contributed by atoms with Gasteiger partial charge in [-0.3, -0.25) is 9.59 Å². The van der Waals surface area contributed by atoms with Gasteiger partial charge in [-0.15, -0.1) is 0 Å². The smallest absolute Gasteiger partial charge is 0.407 e. The van der Waals surface area contributed by atoms with Gasteiger partial charge in [0, 0.05) is 50.3 Å². The van der Waals surface area contributed by atoms with Crippen LogP contribution in [0.25, 0.3) is 0 Å². The zero-order chi connectivity index (χ0) is 18.9. The van der Waals surface area contributed by atoms with Crippen LogP contribution in [0.5, 0.6) is 0 Å². The standard InChI is InChI=1S/C19H27N3O4/c1-19(2,3)26-18(25)20-8-7-16(23)21-10-13-9-14(12-21)15-5-4-6-17(24)22(15)11-13/h4-6,13-14H,7-12H2,1-3H3,(H,20,25)/t13?,14-/m0/s1. The molecule has 2 amide bonds. The van der Waals surface area contributed by atoms with E-state index in [1.54, 1.807) is 32.9 Å². The van der Waals surface area contributed by atoms with Gasteiger partial charge in [0.15, 0.2) is 0 Å². The summed E-state index contributed by atoms with van der Waals surface area (Å²) in [5.74, 6) is 0.547. The van der Waals surface area contributed by atoms with E-state index in [9.17, 15) is 14.4 Å². The Kier molecular flexibility index (Phi) is 5.07. The molecule has 2 aliphatic heterocycles. The minimum absolute atomic E-state index is 0.0301. The average Bonchev–Trinajstić information content (AvgIpc) is 2.54. The Labute approximate surface area is 153 Å². The second kappa shape index (κ2) is 7.13. The van der Waals surface area contributed by atoms with Crippen molar-refractivity contribution in [2.24, 2.45) is 5.92 Å². The van der Waals surface area contributed by atoms with E-state index in [2.05, 4.69) is 5.32 Å². The van der Waals surface area contributed by atoms with Gasteiger partial charge in [0.05, 0.1) is 0 Å². The van der Waals surface area contributed by atoms with E-state index in [1.165, 1.54) is 0 Å². The van der Waals surface area contributed by atoms with E-state index in [0.29, 0.717) is 25.6 Å². The molecule has 26 heavy (non-hydrogen) atoms. The summed E-state index contributed by atoms with van der Waals surface area (Å²) < 4.78 is 7.02. The zero-order valence-corrected chi connectivity index (χ0v) is 15.7. The molecule has 2 atom stereocenters. The first-order chi connectivity index (χ1) is 12.2. The molecule has 7 nitrogen and oxygen atoms in total. The Balaban J connectivity index is 1.55. The minimum Gasteiger partial charge on any atom is -0.444 e. The molecule has 0 aliphatic carbocycles. The van der Waals surface area contributed by atoms with Crippen molar-refractivity contribution < 1.29 is 14.3 Å². The van der Waals surface area contributed by atoms with Gasteiger partial charge in [-0.05, 0) is 39.2 Å². The van der Waals surface area contributed by atoms with Gasteiger partial charge in [-0.1, -0.05) is 6.07 Å². The van der Waals surface area contributed by atoms with Crippen molar-refractivity contribution in [3.05, 3.63) is 34.2 Å². The first-order valence-electron chi connectivity index (χ1n) is 9.17. The lowest BCUT2D eigenvalue weighted by atomic mass is 9.83. The van der Waals surface area contributed by atoms with E-state index < -0.39 is 11.7 Å². The fourth-order valence-electron chi connectivity index (χ4n) is 3.84. The van der Waals surface area contributed by atoms with E-state index >= 15 is 0 Å². The van der Waals surface area contributed by atoms with Crippen molar-refractivity contribution in [1.82, 2.24) is 14.8 Å². The van der Waals surface area contributed by atoms with Crippen LogP contribution in [0, 0.1) is 5.92 Å². The van der Waals surface area contributed by atoms with E-state index in [1.807, 2.05) is 15.5 Å². The maximum absolute atomic E-state index is 12.5. The minimum atomic E-state index is -0.552. The average molecular weight is 361 g/mol. The Morgan fingerprint density at radius 2 is 2.00 bits per heavy atom. The number of amides is 2. The number of hydrogen-bond acceptors (Lipinski definition) is 4. The van der Waals surface area contributed by atoms with E-state index in [-0.39, 0.29) is 30.3 Å². The largest absolute Gasteiger partial charge is 0.444 e. The Bertz CT molecular complexity index is 750. The summed E-state index contributed by atoms with van der Waals surface area (Å²) in [6, 6.07) is 5.37. The van der Waals surface area contributed by atoms with Crippen LogP contribution in [0.2, 0.25) is 0 Å². The first-order valence-corrected chi connectivity index (χ1v) is 9.17. The summed E-state index contributed by atoms with van der Waals surface area (Å²) >= 11 is 0. The van der Waals surface area contributed by atoms with Crippen LogP contribution in [-0.4, -0.2) is 46.7 Å². The monoisotopic (exact) mass is 361 g/mol. The number of pyridine rings is 1. The van der Waals surface area contributed by atoms with Crippen LogP contribution in [-0.2, 0) is 16.1 Å². The molecule has 0 spiro atoms. The molecule has 1 N–H and O–H groups in total. The predicted octanol–water partition coefficient (Wildman–Crippen LogP) is 1.71. The predicted molar refractivity (Wildman–Crippen MR) is 97.0 cm³/mol. The van der Waals surface area contributed by atoms with E-state index in [4.69, 9.17) is 4.74 Å². The zero-order valence-electron chi connectivity index (χ0n) is 15.7. The number of rotatable bonds is 3. The number of aromatic nitrogens is 1. The Morgan fingerprint density at radius 1 is 1.23 bits per heavy atom. The number of piperidine rings is 1. The Hall–Kier alpha value is -2.31. The van der Waals surface area contributed by atoms with Gasteiger partial charge in [0.25, 0.3) is 5.56 Å². The second-order valence-electron chi connectivity index (χ2n) is 8.18. The maximum atomic E-state index is 12.5. The number of nitrogens with one attached hydrogen (secondary N) is 1. The molecule has 142 valence electrons. The topological polar surface area (TPSA) is 80.6 Å². The fourth-order valence-corrected chi connectivity index (χ4v) is 3.84. The summed E-state index contributed by atoms with van der Waals surface area (Å²) in [6.45, 7) is 7.63. The molecule has 2 bridgehead atoms. The molecular weight excluding hydrogens is 334 g/mol. The Morgan fingerprint density at radius 3 is 2.73 bits per heavy atom. The van der Waals surface area contributed by atoms with E-state index in [0.717, 1.165) is 12.1 Å². The molecule has 1 fully saturated rings. The summed E-state index contributed by atoms with van der Waals surface area (Å²) in [7, 11) is 0. The lowest BCUT2D eigenvalue weighted by Crippen LogP contribution is -2.49. The molecule has 1 aromatic heterocycles. The van der Waals surface area contributed by atoms with Crippen LogP contribution in [0.15, 0.2) is 23.0 Å². The van der Waals surface area contributed by atoms with Crippen molar-refractivity contribution in [1.29, 1.82) is 0 Å². The molecule has 0 radical (unpaired) electrons. The highest BCUT2D eigenvalue weighted by molar-refractivity contribution is 5.77. The summed E-state index contributed by atoms with van der Waals surface area (Å²) in [4.78, 5) is 38.1. The van der Waals surface area contributed by atoms with Crippen LogP contribution < -0.4 is 10.9 Å². The molecule has 7 heteroatoms. The van der Waals surface area contributed by atoms with Crippen molar-refractivity contribution in [3.8, 4) is 0 Å². The highest BCUT2D eigenvalue weighted by atomic mass is 16.6. The van der Waals surface area contributed by atoms with Gasteiger partial charge >= 0.3 is 6.09 Å². The number of nitrogens with zero attached hydrogens (tertiary/aromatic N) is 2. The third kappa shape index (κ3) is 4.26. The van der Waals surface area contributed by atoms with Crippen molar-refractivity contribution in [2.45, 2.75) is 51.7 Å². The molecular formula is C19H27N3O4. The molecule has 1 aromatic rings. The summed E-state index contributed by atoms with van der Waals surface area (Å²) in [6.07, 6.45) is 0.762. The molecule has 3 heterocycles. The van der Waals surface area contributed by atoms with Crippen molar-refractivity contribution in [3.63, 3.8) is 0 Å². The quantitative estimate of drug-likeness (QED) is 0.889. The fraction of sp³-hybridized carbons (Fsp3) is 0.632. The lowest BCUT2D eigenvalue weighted by molar-refractivity contribution is -0.133. The van der Waals surface area contributed by atoms with Crippen LogP contribution in [0.4, 0.5) is 4.79 Å². The van der Waals surface area contributed by atoms with Gasteiger partial charge in [-0.2, -0.15) is 0 Å². The molecule has 0 aromatic carbocycles. The number of carbonyl (C=O) groups excluding carboxylic acids is 2. The lowest BCUT2D eigenvalue weighted by Gasteiger charge is -2.42. The molecule has 1 unspecified atom stereocenters. The maximum Gasteiger partial charge on any atom is 0.407 e. The number of fused-ring (bicyclic) bond motifs is 4. The highest BCUT2D eigenvalue weighted by Crippen LogP contribution is 2.35. The van der Waals surface area contributed by atoms with Crippen LogP contribution in [0.3, 0.4) is 0 Å². The number of carbonyl (C=O) groups is 2. The van der Waals surface area contributed by atoms with Gasteiger partial charge in [0.2, 0.25) is 5.91 Å². The second-order valence-corrected chi connectivity index (χ2v) is 8.18. The number of hydrogen-bond donors (Lipinski definition) is 1. The summed E-state index contributed by atoms with van der Waals surface area (Å²) in [5, 5.41) is 2.63. The third-order valence-corrected chi connectivity index (χ3v) is 4.84. The highest BCUT2D eigenvalue weighted by Gasteiger charge is 2.35. The third-order valence-electron chi connectivity index (χ3n) is 4.84. The van der Waals surface area contributed by atoms with Crippen molar-refractivity contribution in [2.75, 3.05) is 19.6 Å². The normalized spacial score (nSPS) is 21.7. The number of likely N-dealkylation sites (tertiary alicyclic amines) is 1. The van der Waals surface area contributed by atoms with Crippen LogP contribution in [0.1, 0.15) is 45.2 Å². The van der Waals surface area contributed by atoms with Gasteiger partial charge < -0.3 is 19.5 Å². The van der Waals surface area contributed by atoms with Gasteiger partial charge in [-0.25, -0.2) is 4.79 Å². The number of ether oxygens (including phenoxy) is 1. The first kappa shape index (κ1) is 18.5. The molecule has 1 saturated heterocycles. The summed E-state index contributed by atoms with van der Waals surface area (Å²) in [5.41, 5.74) is 0.515. The molecule has 2 aliphatic rings. The van der Waals surface area contributed by atoms with Crippen LogP contribution >= 0.6 is 0 Å². The SMILES string of the molecule is CC(C)(C)OC(=O)NCCC(=O)N1CC2C[C@@H](C1)c1cccc(=O)n1C2. The number of alkyl carbamates (subject to hydrolysis) is 1.